The number of pyridine rings is 1. The van der Waals surface area contributed by atoms with Gasteiger partial charge in [0.2, 0.25) is 0 Å². The van der Waals surface area contributed by atoms with Gasteiger partial charge in [0.05, 0.1) is 5.69 Å². The summed E-state index contributed by atoms with van der Waals surface area (Å²) in [6.07, 6.45) is 5.72. The first kappa shape index (κ1) is 13.6. The third-order valence-corrected chi connectivity index (χ3v) is 4.32. The third kappa shape index (κ3) is 1.97. The molecular weight excluding hydrogens is 254 g/mol. The molecule has 0 unspecified atom stereocenters. The zero-order valence-electron chi connectivity index (χ0n) is 12.6. The fraction of sp³-hybridized carbons (Fsp3) is 0.150. The molecule has 1 aromatic carbocycles. The van der Waals surface area contributed by atoms with E-state index in [9.17, 15) is 0 Å². The summed E-state index contributed by atoms with van der Waals surface area (Å²) in [5.74, 6) is 0. The molecule has 104 valence electrons. The number of nitrogens with zero attached hydrogens (tertiary/aromatic N) is 1. The average Bonchev–Trinajstić information content (AvgIpc) is 2.74. The predicted molar refractivity (Wildman–Crippen MR) is 90.0 cm³/mol. The van der Waals surface area contributed by atoms with Crippen LogP contribution in [-0.4, -0.2) is 4.98 Å². The summed E-state index contributed by atoms with van der Waals surface area (Å²) in [6.45, 7) is 12.4. The summed E-state index contributed by atoms with van der Waals surface area (Å²) >= 11 is 0. The Morgan fingerprint density at radius 1 is 1.05 bits per heavy atom. The maximum Gasteiger partial charge on any atom is 0.0702 e. The van der Waals surface area contributed by atoms with Crippen LogP contribution in [0.1, 0.15) is 25.0 Å². The summed E-state index contributed by atoms with van der Waals surface area (Å²) in [4.78, 5) is 4.45. The van der Waals surface area contributed by atoms with Crippen LogP contribution < -0.4 is 0 Å². The molecule has 1 aliphatic carbocycles. The van der Waals surface area contributed by atoms with Gasteiger partial charge in [-0.05, 0) is 40.5 Å². The molecule has 0 fully saturated rings. The van der Waals surface area contributed by atoms with Crippen molar-refractivity contribution in [2.75, 3.05) is 0 Å². The van der Waals surface area contributed by atoms with Gasteiger partial charge in [-0.2, -0.15) is 0 Å². The van der Waals surface area contributed by atoms with E-state index >= 15 is 0 Å². The number of hydrogen-bond acceptors (Lipinski definition) is 1. The Morgan fingerprint density at radius 2 is 1.86 bits per heavy atom. The first-order valence-electron chi connectivity index (χ1n) is 7.15. The highest BCUT2D eigenvalue weighted by molar-refractivity contribution is 5.88. The van der Waals surface area contributed by atoms with Crippen molar-refractivity contribution in [2.24, 2.45) is 0 Å². The summed E-state index contributed by atoms with van der Waals surface area (Å²) < 4.78 is 0. The number of aromatic nitrogens is 1. The van der Waals surface area contributed by atoms with Crippen LogP contribution in [0.5, 0.6) is 0 Å². The maximum atomic E-state index is 4.45. The molecule has 1 heterocycles. The topological polar surface area (TPSA) is 12.9 Å². The maximum absolute atomic E-state index is 4.45. The molecule has 0 atom stereocenters. The van der Waals surface area contributed by atoms with E-state index in [-0.39, 0.29) is 5.41 Å². The van der Waals surface area contributed by atoms with E-state index in [1.165, 1.54) is 22.3 Å². The van der Waals surface area contributed by atoms with Crippen molar-refractivity contribution in [3.05, 3.63) is 84.6 Å². The molecule has 1 aliphatic rings. The fourth-order valence-electron chi connectivity index (χ4n) is 3.20. The van der Waals surface area contributed by atoms with E-state index in [1.807, 2.05) is 36.5 Å². The van der Waals surface area contributed by atoms with Crippen molar-refractivity contribution in [3.8, 4) is 11.3 Å². The smallest absolute Gasteiger partial charge is 0.0702 e. The second-order valence-corrected chi connectivity index (χ2v) is 5.84. The Hall–Kier alpha value is -2.41. The Labute approximate surface area is 126 Å². The van der Waals surface area contributed by atoms with Gasteiger partial charge in [-0.1, -0.05) is 57.4 Å². The number of rotatable bonds is 3. The van der Waals surface area contributed by atoms with E-state index < -0.39 is 0 Å². The summed E-state index contributed by atoms with van der Waals surface area (Å²) in [7, 11) is 0. The lowest BCUT2D eigenvalue weighted by Crippen LogP contribution is -2.16. The minimum Gasteiger partial charge on any atom is -0.256 e. The first-order valence-corrected chi connectivity index (χ1v) is 7.15. The Balaban J connectivity index is 2.20. The lowest BCUT2D eigenvalue weighted by atomic mass is 9.80. The predicted octanol–water partition coefficient (Wildman–Crippen LogP) is 5.17. The molecule has 0 radical (unpaired) electrons. The van der Waals surface area contributed by atoms with Gasteiger partial charge in [0, 0.05) is 17.2 Å². The van der Waals surface area contributed by atoms with Gasteiger partial charge >= 0.3 is 0 Å². The van der Waals surface area contributed by atoms with Crippen LogP contribution >= 0.6 is 0 Å². The van der Waals surface area contributed by atoms with E-state index in [1.54, 1.807) is 0 Å². The fourth-order valence-corrected chi connectivity index (χ4v) is 3.20. The highest BCUT2D eigenvalue weighted by atomic mass is 14.7. The first-order chi connectivity index (χ1) is 10.1. The number of benzene rings is 1. The van der Waals surface area contributed by atoms with Crippen molar-refractivity contribution in [2.45, 2.75) is 19.3 Å². The molecule has 21 heavy (non-hydrogen) atoms. The quantitative estimate of drug-likeness (QED) is 0.752. The minimum atomic E-state index is -0.0502. The lowest BCUT2D eigenvalue weighted by molar-refractivity contribution is 0.655. The summed E-state index contributed by atoms with van der Waals surface area (Å²) in [5, 5.41) is 0. The molecule has 0 N–H and O–H groups in total. The lowest BCUT2D eigenvalue weighted by Gasteiger charge is -2.23. The van der Waals surface area contributed by atoms with Crippen LogP contribution in [0.2, 0.25) is 0 Å². The second kappa shape index (κ2) is 4.85. The molecule has 0 amide bonds. The van der Waals surface area contributed by atoms with E-state index in [0.717, 1.165) is 11.3 Å². The summed E-state index contributed by atoms with van der Waals surface area (Å²) in [5.41, 5.74) is 7.11. The highest BCUT2D eigenvalue weighted by Crippen LogP contribution is 2.47. The molecule has 0 aliphatic heterocycles. The molecular formula is C20H19N. The second-order valence-electron chi connectivity index (χ2n) is 5.84. The molecule has 1 nitrogen and oxygen atoms in total. The van der Waals surface area contributed by atoms with Gasteiger partial charge in [0.15, 0.2) is 0 Å². The Bertz CT molecular complexity index is 749. The van der Waals surface area contributed by atoms with Gasteiger partial charge in [-0.15, -0.1) is 0 Å². The SMILES string of the molecule is C=CC1=C(C=C)C(C)(C)c2cc(-c3ccccn3)ccc21. The van der Waals surface area contributed by atoms with Crippen LogP contribution in [0.25, 0.3) is 16.8 Å². The van der Waals surface area contributed by atoms with Gasteiger partial charge < -0.3 is 0 Å². The van der Waals surface area contributed by atoms with Crippen LogP contribution in [0.3, 0.4) is 0 Å². The largest absolute Gasteiger partial charge is 0.256 e. The van der Waals surface area contributed by atoms with Gasteiger partial charge in [-0.25, -0.2) is 0 Å². The highest BCUT2D eigenvalue weighted by Gasteiger charge is 2.35. The normalized spacial score (nSPS) is 15.7. The number of hydrogen-bond donors (Lipinski definition) is 0. The number of allylic oxidation sites excluding steroid dienone is 4. The van der Waals surface area contributed by atoms with Crippen LogP contribution in [0.4, 0.5) is 0 Å². The van der Waals surface area contributed by atoms with Gasteiger partial charge in [0.1, 0.15) is 0 Å². The molecule has 0 saturated heterocycles. The van der Waals surface area contributed by atoms with E-state index in [2.05, 4.69) is 50.2 Å². The molecule has 0 spiro atoms. The van der Waals surface area contributed by atoms with Crippen LogP contribution in [-0.2, 0) is 5.41 Å². The molecule has 0 saturated carbocycles. The molecule has 1 heteroatoms. The summed E-state index contributed by atoms with van der Waals surface area (Å²) in [6, 6.07) is 12.6. The molecule has 1 aromatic heterocycles. The van der Waals surface area contributed by atoms with Crippen LogP contribution in [0, 0.1) is 0 Å². The van der Waals surface area contributed by atoms with Crippen molar-refractivity contribution in [1.82, 2.24) is 4.98 Å². The monoisotopic (exact) mass is 273 g/mol. The third-order valence-electron chi connectivity index (χ3n) is 4.32. The molecule has 3 rings (SSSR count). The van der Waals surface area contributed by atoms with Crippen molar-refractivity contribution < 1.29 is 0 Å². The van der Waals surface area contributed by atoms with E-state index in [0.29, 0.717) is 0 Å². The molecule has 0 bridgehead atoms. The zero-order valence-corrected chi connectivity index (χ0v) is 12.6. The zero-order chi connectivity index (χ0) is 15.0. The average molecular weight is 273 g/mol. The van der Waals surface area contributed by atoms with Gasteiger partial charge in [-0.3, -0.25) is 4.98 Å². The standard InChI is InChI=1S/C20H19N/c1-5-15-16-11-10-14(19-9-7-8-12-21-19)13-18(16)20(3,4)17(15)6-2/h5-13H,1-2H2,3-4H3. The minimum absolute atomic E-state index is 0.0502. The van der Waals surface area contributed by atoms with Crippen molar-refractivity contribution in [1.29, 1.82) is 0 Å². The van der Waals surface area contributed by atoms with Crippen molar-refractivity contribution in [3.63, 3.8) is 0 Å². The van der Waals surface area contributed by atoms with Crippen LogP contribution in [0.15, 0.2) is 73.5 Å². The number of fused-ring (bicyclic) bond motifs is 1. The van der Waals surface area contributed by atoms with Crippen molar-refractivity contribution >= 4 is 5.57 Å². The van der Waals surface area contributed by atoms with E-state index in [4.69, 9.17) is 0 Å². The Kier molecular flexibility index (Phi) is 3.13. The van der Waals surface area contributed by atoms with Gasteiger partial charge in [0.25, 0.3) is 0 Å². The Morgan fingerprint density at radius 3 is 2.48 bits per heavy atom. The molecule has 2 aromatic rings.